The topological polar surface area (TPSA) is 24.8 Å². The molecule has 3 aromatic rings. The number of hydrogen-bond donors (Lipinski definition) is 0. The number of hydrazone groups is 1. The van der Waals surface area contributed by atoms with E-state index < -0.39 is 6.23 Å². The Kier molecular flexibility index (Phi) is 4.99. The Balaban J connectivity index is 1.62. The highest BCUT2D eigenvalue weighted by Crippen LogP contribution is 2.49. The van der Waals surface area contributed by atoms with Crippen LogP contribution in [0.25, 0.3) is 0 Å². The summed E-state index contributed by atoms with van der Waals surface area (Å²) in [5.41, 5.74) is 3.92. The van der Waals surface area contributed by atoms with Crippen LogP contribution in [-0.4, -0.2) is 10.7 Å². The van der Waals surface area contributed by atoms with Crippen LogP contribution in [0, 0.1) is 0 Å². The predicted octanol–water partition coefficient (Wildman–Crippen LogP) is 7.65. The zero-order chi connectivity index (χ0) is 20.1. The minimum absolute atomic E-state index is 0.00726. The third-order valence-electron chi connectivity index (χ3n) is 5.16. The van der Waals surface area contributed by atoms with Gasteiger partial charge in [0.15, 0.2) is 0 Å². The lowest BCUT2D eigenvalue weighted by Crippen LogP contribution is -2.33. The van der Waals surface area contributed by atoms with Crippen LogP contribution in [0.1, 0.15) is 35.4 Å². The summed E-state index contributed by atoms with van der Waals surface area (Å²) in [6.07, 6.45) is 0.298. The van der Waals surface area contributed by atoms with Crippen LogP contribution >= 0.6 is 50.7 Å². The van der Waals surface area contributed by atoms with Gasteiger partial charge in [-0.2, -0.15) is 5.10 Å². The standard InChI is InChI=1S/C22H14BrCl3N2O/c23-13-3-1-12(2-4-13)19-11-20-17-9-14(24)6-8-21(17)29-22(28(20)27-19)16-7-5-15(25)10-18(16)26/h1-10,20,22H,11H2. The number of hydrogen-bond acceptors (Lipinski definition) is 3. The van der Waals surface area contributed by atoms with Gasteiger partial charge in [0.1, 0.15) is 5.75 Å². The molecular formula is C22H14BrCl3N2O. The van der Waals surface area contributed by atoms with Crippen molar-refractivity contribution in [1.82, 2.24) is 5.01 Å². The van der Waals surface area contributed by atoms with Gasteiger partial charge in [-0.1, -0.05) is 68.9 Å². The highest BCUT2D eigenvalue weighted by Gasteiger charge is 2.41. The summed E-state index contributed by atoms with van der Waals surface area (Å²) in [6, 6.07) is 19.3. The monoisotopic (exact) mass is 506 g/mol. The van der Waals surface area contributed by atoms with Crippen molar-refractivity contribution in [2.45, 2.75) is 18.7 Å². The number of halogens is 4. The lowest BCUT2D eigenvalue weighted by Gasteiger charge is -2.38. The van der Waals surface area contributed by atoms with Crippen molar-refractivity contribution in [3.05, 3.63) is 96.9 Å². The molecule has 5 rings (SSSR count). The quantitative estimate of drug-likeness (QED) is 0.355. The third kappa shape index (κ3) is 3.53. The van der Waals surface area contributed by atoms with Gasteiger partial charge in [0.2, 0.25) is 6.23 Å². The molecular weight excluding hydrogens is 495 g/mol. The smallest absolute Gasteiger partial charge is 0.215 e. The zero-order valence-corrected chi connectivity index (χ0v) is 18.8. The maximum Gasteiger partial charge on any atom is 0.215 e. The molecule has 3 nitrogen and oxygen atoms in total. The van der Waals surface area contributed by atoms with E-state index in [1.807, 2.05) is 47.5 Å². The average Bonchev–Trinajstić information content (AvgIpc) is 3.14. The molecule has 0 saturated heterocycles. The molecule has 146 valence electrons. The normalized spacial score (nSPS) is 20.0. The van der Waals surface area contributed by atoms with Crippen molar-refractivity contribution in [3.63, 3.8) is 0 Å². The van der Waals surface area contributed by atoms with Gasteiger partial charge in [-0.3, -0.25) is 0 Å². The fraction of sp³-hybridized carbons (Fsp3) is 0.136. The third-order valence-corrected chi connectivity index (χ3v) is 6.48. The van der Waals surface area contributed by atoms with Gasteiger partial charge in [0, 0.05) is 32.1 Å². The first-order valence-corrected chi connectivity index (χ1v) is 10.9. The van der Waals surface area contributed by atoms with Crippen molar-refractivity contribution in [1.29, 1.82) is 0 Å². The van der Waals surface area contributed by atoms with Gasteiger partial charge in [-0.05, 0) is 48.0 Å². The summed E-state index contributed by atoms with van der Waals surface area (Å²) < 4.78 is 7.37. The molecule has 0 bridgehead atoms. The van der Waals surface area contributed by atoms with E-state index in [1.165, 1.54) is 0 Å². The maximum atomic E-state index is 6.51. The number of nitrogens with zero attached hydrogens (tertiary/aromatic N) is 2. The van der Waals surface area contributed by atoms with Crippen LogP contribution in [0.5, 0.6) is 5.75 Å². The number of ether oxygens (including phenoxy) is 1. The van der Waals surface area contributed by atoms with Gasteiger partial charge < -0.3 is 4.74 Å². The summed E-state index contributed by atoms with van der Waals surface area (Å²) >= 11 is 22.4. The van der Waals surface area contributed by atoms with Crippen LogP contribution < -0.4 is 4.74 Å². The van der Waals surface area contributed by atoms with Crippen LogP contribution in [0.15, 0.2) is 70.2 Å². The molecule has 2 atom stereocenters. The maximum absolute atomic E-state index is 6.51. The van der Waals surface area contributed by atoms with Crippen LogP contribution in [0.4, 0.5) is 0 Å². The molecule has 0 spiro atoms. The molecule has 2 heterocycles. The first-order chi connectivity index (χ1) is 14.0. The first-order valence-electron chi connectivity index (χ1n) is 9.02. The van der Waals surface area contributed by atoms with Crippen LogP contribution in [0.3, 0.4) is 0 Å². The molecule has 0 aromatic heterocycles. The van der Waals surface area contributed by atoms with E-state index in [4.69, 9.17) is 44.6 Å². The van der Waals surface area contributed by atoms with E-state index in [9.17, 15) is 0 Å². The van der Waals surface area contributed by atoms with Gasteiger partial charge in [0.05, 0.1) is 16.8 Å². The van der Waals surface area contributed by atoms with Gasteiger partial charge in [0.25, 0.3) is 0 Å². The molecule has 0 saturated carbocycles. The molecule has 2 unspecified atom stereocenters. The lowest BCUT2D eigenvalue weighted by atomic mass is 9.96. The number of rotatable bonds is 2. The van der Waals surface area contributed by atoms with Crippen LogP contribution in [-0.2, 0) is 0 Å². The molecule has 7 heteroatoms. The summed E-state index contributed by atoms with van der Waals surface area (Å²) in [5, 5.41) is 8.72. The van der Waals surface area contributed by atoms with E-state index in [0.717, 1.165) is 39.0 Å². The fourth-order valence-corrected chi connectivity index (χ4v) is 4.73. The Morgan fingerprint density at radius 1 is 0.897 bits per heavy atom. The Labute approximate surface area is 192 Å². The summed E-state index contributed by atoms with van der Waals surface area (Å²) in [4.78, 5) is 0. The van der Waals surface area contributed by atoms with E-state index in [0.29, 0.717) is 15.1 Å². The molecule has 0 aliphatic carbocycles. The van der Waals surface area contributed by atoms with Gasteiger partial charge in [-0.25, -0.2) is 5.01 Å². The van der Waals surface area contributed by atoms with Crippen molar-refractivity contribution < 1.29 is 4.74 Å². The Hall–Kier alpha value is -1.72. The second kappa shape index (κ2) is 7.51. The molecule has 0 N–H and O–H groups in total. The summed E-state index contributed by atoms with van der Waals surface area (Å²) in [6.45, 7) is 0. The molecule has 0 fully saturated rings. The van der Waals surface area contributed by atoms with Gasteiger partial charge >= 0.3 is 0 Å². The second-order valence-electron chi connectivity index (χ2n) is 6.97. The molecule has 2 aliphatic rings. The van der Waals surface area contributed by atoms with Gasteiger partial charge in [-0.15, -0.1) is 0 Å². The molecule has 0 amide bonds. The number of fused-ring (bicyclic) bond motifs is 3. The second-order valence-corrected chi connectivity index (χ2v) is 9.17. The van der Waals surface area contributed by atoms with E-state index in [2.05, 4.69) is 28.1 Å². The first kappa shape index (κ1) is 19.3. The summed E-state index contributed by atoms with van der Waals surface area (Å²) in [7, 11) is 0. The van der Waals surface area contributed by atoms with Crippen molar-refractivity contribution in [2.75, 3.05) is 0 Å². The van der Waals surface area contributed by atoms with Crippen molar-refractivity contribution in [2.24, 2.45) is 5.10 Å². The minimum Gasteiger partial charge on any atom is -0.464 e. The lowest BCUT2D eigenvalue weighted by molar-refractivity contribution is -0.0189. The molecule has 2 aliphatic heterocycles. The average molecular weight is 509 g/mol. The minimum atomic E-state index is -0.452. The number of benzene rings is 3. The highest BCUT2D eigenvalue weighted by atomic mass is 79.9. The SMILES string of the molecule is Clc1ccc(C2Oc3ccc(Cl)cc3C3CC(c4ccc(Br)cc4)=NN32)c(Cl)c1. The zero-order valence-electron chi connectivity index (χ0n) is 14.9. The van der Waals surface area contributed by atoms with E-state index in [-0.39, 0.29) is 6.04 Å². The molecule has 0 radical (unpaired) electrons. The largest absolute Gasteiger partial charge is 0.464 e. The highest BCUT2D eigenvalue weighted by molar-refractivity contribution is 9.10. The van der Waals surface area contributed by atoms with Crippen molar-refractivity contribution in [3.8, 4) is 5.75 Å². The van der Waals surface area contributed by atoms with Crippen LogP contribution in [0.2, 0.25) is 15.1 Å². The molecule has 3 aromatic carbocycles. The summed E-state index contributed by atoms with van der Waals surface area (Å²) in [5.74, 6) is 0.791. The van der Waals surface area contributed by atoms with E-state index in [1.54, 1.807) is 6.07 Å². The fourth-order valence-electron chi connectivity index (χ4n) is 3.78. The Morgan fingerprint density at radius 2 is 1.62 bits per heavy atom. The Bertz CT molecular complexity index is 1130. The van der Waals surface area contributed by atoms with Crippen molar-refractivity contribution >= 4 is 56.4 Å². The van der Waals surface area contributed by atoms with E-state index >= 15 is 0 Å². The Morgan fingerprint density at radius 3 is 2.38 bits per heavy atom. The molecule has 29 heavy (non-hydrogen) atoms. The predicted molar refractivity (Wildman–Crippen MR) is 121 cm³/mol.